The molecule has 2 amide bonds. The molecule has 4 rings (SSSR count). The van der Waals surface area contributed by atoms with Gasteiger partial charge in [0.2, 0.25) is 0 Å². The van der Waals surface area contributed by atoms with E-state index < -0.39 is 11.8 Å². The molecule has 0 bridgehead atoms. The van der Waals surface area contributed by atoms with Crippen molar-refractivity contribution in [1.82, 2.24) is 9.78 Å². The van der Waals surface area contributed by atoms with E-state index in [0.29, 0.717) is 10.6 Å². The molecule has 2 aromatic carbocycles. The maximum Gasteiger partial charge on any atom is 0.276 e. The van der Waals surface area contributed by atoms with Gasteiger partial charge in [-0.15, -0.1) is 11.3 Å². The van der Waals surface area contributed by atoms with Gasteiger partial charge in [0.1, 0.15) is 5.00 Å². The molecule has 3 N–H and O–H groups in total. The van der Waals surface area contributed by atoms with Crippen molar-refractivity contribution in [2.45, 2.75) is 6.92 Å². The second-order valence-corrected chi connectivity index (χ2v) is 7.63. The van der Waals surface area contributed by atoms with Crippen LogP contribution in [-0.4, -0.2) is 21.6 Å². The van der Waals surface area contributed by atoms with E-state index >= 15 is 0 Å². The van der Waals surface area contributed by atoms with Gasteiger partial charge in [0.05, 0.1) is 11.3 Å². The summed E-state index contributed by atoms with van der Waals surface area (Å²) in [6, 6.07) is 20.6. The number of nitrogens with zero attached hydrogens (tertiary/aromatic N) is 2. The van der Waals surface area contributed by atoms with Gasteiger partial charge in [-0.05, 0) is 30.7 Å². The summed E-state index contributed by atoms with van der Waals surface area (Å²) in [5.74, 6) is -0.985. The lowest BCUT2D eigenvalue weighted by molar-refractivity contribution is 0.100. The van der Waals surface area contributed by atoms with E-state index in [0.717, 1.165) is 21.7 Å². The number of para-hydroxylation sites is 1. The molecule has 0 unspecified atom stereocenters. The van der Waals surface area contributed by atoms with Crippen molar-refractivity contribution in [3.05, 3.63) is 89.1 Å². The third-order valence-corrected chi connectivity index (χ3v) is 5.48. The average molecular weight is 402 g/mol. The van der Waals surface area contributed by atoms with E-state index in [1.807, 2.05) is 67.6 Å². The summed E-state index contributed by atoms with van der Waals surface area (Å²) in [5.41, 5.74) is 8.69. The summed E-state index contributed by atoms with van der Waals surface area (Å²) in [6.07, 6.45) is 1.72. The Morgan fingerprint density at radius 1 is 1.00 bits per heavy atom. The van der Waals surface area contributed by atoms with Gasteiger partial charge in [-0.3, -0.25) is 9.59 Å². The zero-order chi connectivity index (χ0) is 20.4. The summed E-state index contributed by atoms with van der Waals surface area (Å²) >= 11 is 1.32. The number of thiophene rings is 1. The van der Waals surface area contributed by atoms with Crippen LogP contribution in [0.2, 0.25) is 0 Å². The molecule has 2 heterocycles. The first-order chi connectivity index (χ1) is 14.0. The number of rotatable bonds is 5. The number of carbonyl (C=O) groups is 2. The van der Waals surface area contributed by atoms with Crippen molar-refractivity contribution in [3.8, 4) is 16.8 Å². The molecule has 0 aliphatic rings. The lowest BCUT2D eigenvalue weighted by atomic mass is 10.0. The average Bonchev–Trinajstić information content (AvgIpc) is 3.34. The van der Waals surface area contributed by atoms with Crippen molar-refractivity contribution in [2.75, 3.05) is 5.32 Å². The maximum atomic E-state index is 12.8. The van der Waals surface area contributed by atoms with Crippen LogP contribution in [0.3, 0.4) is 0 Å². The lowest BCUT2D eigenvalue weighted by Crippen LogP contribution is -2.18. The number of hydrogen-bond donors (Lipinski definition) is 2. The number of aryl methyl sites for hydroxylation is 1. The van der Waals surface area contributed by atoms with Gasteiger partial charge in [-0.2, -0.15) is 5.10 Å². The molecule has 7 heteroatoms. The van der Waals surface area contributed by atoms with Crippen molar-refractivity contribution >= 4 is 28.2 Å². The van der Waals surface area contributed by atoms with E-state index in [1.54, 1.807) is 16.9 Å². The topological polar surface area (TPSA) is 90.0 Å². The monoisotopic (exact) mass is 402 g/mol. The Hall–Kier alpha value is -3.71. The normalized spacial score (nSPS) is 10.7. The second-order valence-electron chi connectivity index (χ2n) is 6.40. The summed E-state index contributed by atoms with van der Waals surface area (Å²) in [7, 11) is 0. The number of carbonyl (C=O) groups excluding carboxylic acids is 2. The molecule has 144 valence electrons. The number of anilines is 1. The number of primary amides is 1. The van der Waals surface area contributed by atoms with E-state index in [2.05, 4.69) is 10.4 Å². The highest BCUT2D eigenvalue weighted by molar-refractivity contribution is 7.17. The van der Waals surface area contributed by atoms with Crippen LogP contribution in [0.4, 0.5) is 5.00 Å². The predicted octanol–water partition coefficient (Wildman–Crippen LogP) is 4.26. The quantitative estimate of drug-likeness (QED) is 0.523. The summed E-state index contributed by atoms with van der Waals surface area (Å²) in [5, 5.41) is 7.56. The molecule has 4 aromatic rings. The second kappa shape index (κ2) is 7.73. The highest BCUT2D eigenvalue weighted by Gasteiger charge is 2.23. The van der Waals surface area contributed by atoms with E-state index in [4.69, 9.17) is 5.73 Å². The van der Waals surface area contributed by atoms with Crippen molar-refractivity contribution < 1.29 is 9.59 Å². The standard InChI is InChI=1S/C22H18N4O2S/c1-14-18(15-8-4-2-5-9-15)19(20(23)27)22(29-14)24-21(28)17-12-13-26(25-17)16-10-6-3-7-11-16/h2-13H,1H3,(H2,23,27)(H,24,28). The van der Waals surface area contributed by atoms with Crippen LogP contribution in [0, 0.1) is 6.92 Å². The van der Waals surface area contributed by atoms with Gasteiger partial charge >= 0.3 is 0 Å². The Labute approximate surface area is 171 Å². The fraction of sp³-hybridized carbons (Fsp3) is 0.0455. The Kier molecular flexibility index (Phi) is 4.97. The van der Waals surface area contributed by atoms with Gasteiger partial charge in [-0.1, -0.05) is 48.5 Å². The van der Waals surface area contributed by atoms with Crippen molar-refractivity contribution in [1.29, 1.82) is 0 Å². The number of amides is 2. The fourth-order valence-electron chi connectivity index (χ4n) is 3.16. The summed E-state index contributed by atoms with van der Waals surface area (Å²) in [6.45, 7) is 1.90. The zero-order valence-electron chi connectivity index (χ0n) is 15.6. The van der Waals surface area contributed by atoms with Crippen LogP contribution in [0.15, 0.2) is 72.9 Å². The molecule has 0 atom stereocenters. The molecule has 0 fully saturated rings. The molecule has 6 nitrogen and oxygen atoms in total. The lowest BCUT2D eigenvalue weighted by Gasteiger charge is -2.06. The van der Waals surface area contributed by atoms with E-state index in [9.17, 15) is 9.59 Å². The minimum Gasteiger partial charge on any atom is -0.365 e. The SMILES string of the molecule is Cc1sc(NC(=O)c2ccn(-c3ccccc3)n2)c(C(N)=O)c1-c1ccccc1. The van der Waals surface area contributed by atoms with Crippen LogP contribution >= 0.6 is 11.3 Å². The van der Waals surface area contributed by atoms with Crippen LogP contribution in [-0.2, 0) is 0 Å². The van der Waals surface area contributed by atoms with E-state index in [1.165, 1.54) is 11.3 Å². The highest BCUT2D eigenvalue weighted by Crippen LogP contribution is 2.39. The minimum atomic E-state index is -0.585. The maximum absolute atomic E-state index is 12.8. The Morgan fingerprint density at radius 3 is 2.31 bits per heavy atom. The first kappa shape index (κ1) is 18.6. The number of nitrogens with two attached hydrogens (primary N) is 1. The molecule has 0 saturated heterocycles. The number of aromatic nitrogens is 2. The van der Waals surface area contributed by atoms with Crippen LogP contribution in [0.5, 0.6) is 0 Å². The first-order valence-electron chi connectivity index (χ1n) is 8.95. The molecule has 29 heavy (non-hydrogen) atoms. The number of hydrogen-bond acceptors (Lipinski definition) is 4. The van der Waals surface area contributed by atoms with Gasteiger partial charge in [0.15, 0.2) is 5.69 Å². The molecular formula is C22H18N4O2S. The predicted molar refractivity (Wildman–Crippen MR) is 115 cm³/mol. The smallest absolute Gasteiger partial charge is 0.276 e. The highest BCUT2D eigenvalue weighted by atomic mass is 32.1. The fourth-order valence-corrected chi connectivity index (χ4v) is 4.23. The molecule has 2 aromatic heterocycles. The molecule has 0 spiro atoms. The van der Waals surface area contributed by atoms with Gasteiger partial charge in [0, 0.05) is 16.6 Å². The first-order valence-corrected chi connectivity index (χ1v) is 9.77. The molecule has 0 aliphatic heterocycles. The zero-order valence-corrected chi connectivity index (χ0v) is 16.4. The van der Waals surface area contributed by atoms with Gasteiger partial charge in [-0.25, -0.2) is 4.68 Å². The van der Waals surface area contributed by atoms with Crippen molar-refractivity contribution in [3.63, 3.8) is 0 Å². The number of nitrogens with one attached hydrogen (secondary N) is 1. The van der Waals surface area contributed by atoms with Crippen LogP contribution in [0.1, 0.15) is 25.7 Å². The third kappa shape index (κ3) is 3.68. The summed E-state index contributed by atoms with van der Waals surface area (Å²) in [4.78, 5) is 25.9. The van der Waals surface area contributed by atoms with Crippen molar-refractivity contribution in [2.24, 2.45) is 5.73 Å². The molecule has 0 aliphatic carbocycles. The molecular weight excluding hydrogens is 384 g/mol. The minimum absolute atomic E-state index is 0.247. The Morgan fingerprint density at radius 2 is 1.66 bits per heavy atom. The van der Waals surface area contributed by atoms with Crippen LogP contribution < -0.4 is 11.1 Å². The Balaban J connectivity index is 1.66. The van der Waals surface area contributed by atoms with E-state index in [-0.39, 0.29) is 5.69 Å². The van der Waals surface area contributed by atoms with Gasteiger partial charge < -0.3 is 11.1 Å². The van der Waals surface area contributed by atoms with Crippen LogP contribution in [0.25, 0.3) is 16.8 Å². The molecule has 0 saturated carbocycles. The number of benzene rings is 2. The summed E-state index contributed by atoms with van der Waals surface area (Å²) < 4.78 is 1.62. The molecule has 0 radical (unpaired) electrons. The van der Waals surface area contributed by atoms with Gasteiger partial charge in [0.25, 0.3) is 11.8 Å². The largest absolute Gasteiger partial charge is 0.365 e. The third-order valence-electron chi connectivity index (χ3n) is 4.46. The Bertz CT molecular complexity index is 1180.